The lowest BCUT2D eigenvalue weighted by atomic mass is 10.3. The Labute approximate surface area is 195 Å². The third-order valence-corrected chi connectivity index (χ3v) is 5.54. The molecule has 1 atom stereocenters. The summed E-state index contributed by atoms with van der Waals surface area (Å²) in [5.74, 6) is 1.73. The van der Waals surface area contributed by atoms with Crippen molar-refractivity contribution in [3.63, 3.8) is 0 Å². The van der Waals surface area contributed by atoms with E-state index in [9.17, 15) is 14.9 Å². The van der Waals surface area contributed by atoms with Gasteiger partial charge >= 0.3 is 0 Å². The van der Waals surface area contributed by atoms with Gasteiger partial charge in [0, 0.05) is 29.9 Å². The highest BCUT2D eigenvalue weighted by atomic mass is 32.2. The molecule has 0 saturated carbocycles. The summed E-state index contributed by atoms with van der Waals surface area (Å²) in [6.07, 6.45) is -0.389. The molecule has 0 spiro atoms. The molecule has 3 rings (SSSR count). The second-order valence-electron chi connectivity index (χ2n) is 7.39. The van der Waals surface area contributed by atoms with Crippen molar-refractivity contribution >= 4 is 29.0 Å². The van der Waals surface area contributed by atoms with Gasteiger partial charge in [-0.05, 0) is 39.0 Å². The van der Waals surface area contributed by atoms with Crippen molar-refractivity contribution in [1.29, 1.82) is 0 Å². The molecular weight excluding hydrogens is 446 g/mol. The maximum Gasteiger partial charge on any atom is 0.271 e. The fourth-order valence-corrected chi connectivity index (χ4v) is 3.98. The number of amides is 1. The van der Waals surface area contributed by atoms with E-state index < -0.39 is 4.92 Å². The topological polar surface area (TPSA) is 121 Å². The van der Waals surface area contributed by atoms with E-state index in [1.165, 1.54) is 30.0 Å². The van der Waals surface area contributed by atoms with Gasteiger partial charge < -0.3 is 19.4 Å². The van der Waals surface area contributed by atoms with E-state index >= 15 is 0 Å². The van der Waals surface area contributed by atoms with Crippen LogP contribution >= 0.6 is 11.8 Å². The Balaban J connectivity index is 1.68. The quantitative estimate of drug-likeness (QED) is 0.258. The Kier molecular flexibility index (Phi) is 7.88. The van der Waals surface area contributed by atoms with Crippen molar-refractivity contribution in [3.8, 4) is 11.5 Å². The first kappa shape index (κ1) is 24.1. The molecule has 0 saturated heterocycles. The van der Waals surface area contributed by atoms with Gasteiger partial charge in [0.1, 0.15) is 11.5 Å². The van der Waals surface area contributed by atoms with E-state index in [4.69, 9.17) is 9.47 Å². The summed E-state index contributed by atoms with van der Waals surface area (Å²) < 4.78 is 13.2. The van der Waals surface area contributed by atoms with Gasteiger partial charge in [-0.2, -0.15) is 0 Å². The van der Waals surface area contributed by atoms with Crippen LogP contribution in [0, 0.1) is 10.1 Å². The third-order valence-electron chi connectivity index (χ3n) is 4.60. The fourth-order valence-electron chi connectivity index (χ4n) is 3.11. The van der Waals surface area contributed by atoms with Crippen LogP contribution in [0.2, 0.25) is 0 Å². The SMILES string of the molecule is COc1cccc(OC(C)c2nnc(SCC(=O)Nc3cccc([N+](=O)[O-])c3)n2C(C)C)c1. The number of nitro groups is 1. The van der Waals surface area contributed by atoms with Gasteiger partial charge in [-0.15, -0.1) is 10.2 Å². The molecule has 33 heavy (non-hydrogen) atoms. The lowest BCUT2D eigenvalue weighted by Crippen LogP contribution is -2.16. The Morgan fingerprint density at radius 1 is 1.15 bits per heavy atom. The number of nitrogens with zero attached hydrogens (tertiary/aromatic N) is 4. The van der Waals surface area contributed by atoms with Gasteiger partial charge in [0.25, 0.3) is 5.69 Å². The molecule has 2 aromatic carbocycles. The normalized spacial score (nSPS) is 11.8. The number of anilines is 1. The minimum absolute atomic E-state index is 0.0358. The average molecular weight is 472 g/mol. The van der Waals surface area contributed by atoms with Crippen LogP contribution in [-0.2, 0) is 4.79 Å². The number of benzene rings is 2. The number of nitrogens with one attached hydrogen (secondary N) is 1. The number of hydrogen-bond donors (Lipinski definition) is 1. The molecule has 11 heteroatoms. The van der Waals surface area contributed by atoms with E-state index in [0.717, 1.165) is 0 Å². The zero-order valence-electron chi connectivity index (χ0n) is 18.7. The van der Waals surface area contributed by atoms with E-state index in [-0.39, 0.29) is 29.5 Å². The molecule has 0 radical (unpaired) electrons. The highest BCUT2D eigenvalue weighted by Crippen LogP contribution is 2.29. The standard InChI is InChI=1S/C22H25N5O5S/c1-14(2)26-21(15(3)32-19-10-6-9-18(12-19)31-4)24-25-22(26)33-13-20(28)23-16-7-5-8-17(11-16)27(29)30/h5-12,14-15H,13H2,1-4H3,(H,23,28). The summed E-state index contributed by atoms with van der Waals surface area (Å²) >= 11 is 1.23. The lowest BCUT2D eigenvalue weighted by Gasteiger charge is -2.19. The maximum absolute atomic E-state index is 12.4. The Morgan fingerprint density at radius 3 is 2.58 bits per heavy atom. The number of ether oxygens (including phenoxy) is 2. The smallest absolute Gasteiger partial charge is 0.271 e. The molecule has 10 nitrogen and oxygen atoms in total. The monoisotopic (exact) mass is 471 g/mol. The summed E-state index contributed by atoms with van der Waals surface area (Å²) in [4.78, 5) is 22.8. The first-order valence-electron chi connectivity index (χ1n) is 10.2. The van der Waals surface area contributed by atoms with Crippen LogP contribution in [0.3, 0.4) is 0 Å². The highest BCUT2D eigenvalue weighted by molar-refractivity contribution is 7.99. The molecule has 0 bridgehead atoms. The second-order valence-corrected chi connectivity index (χ2v) is 8.33. The molecule has 174 valence electrons. The van der Waals surface area contributed by atoms with Crippen molar-refractivity contribution < 1.29 is 19.2 Å². The summed E-state index contributed by atoms with van der Waals surface area (Å²) in [5.41, 5.74) is 0.274. The zero-order chi connectivity index (χ0) is 24.0. The first-order valence-corrected chi connectivity index (χ1v) is 11.2. The predicted octanol–water partition coefficient (Wildman–Crippen LogP) is 4.65. The van der Waals surface area contributed by atoms with Crippen molar-refractivity contribution in [2.24, 2.45) is 0 Å². The largest absolute Gasteiger partial charge is 0.497 e. The van der Waals surface area contributed by atoms with Gasteiger partial charge in [0.2, 0.25) is 5.91 Å². The summed E-state index contributed by atoms with van der Waals surface area (Å²) in [5, 5.41) is 22.7. The van der Waals surface area contributed by atoms with E-state index in [1.807, 2.05) is 43.5 Å². The summed E-state index contributed by atoms with van der Waals surface area (Å²) in [6, 6.07) is 13.1. The molecule has 0 aliphatic rings. The number of aromatic nitrogens is 3. The van der Waals surface area contributed by atoms with Crippen LogP contribution in [0.5, 0.6) is 11.5 Å². The zero-order valence-corrected chi connectivity index (χ0v) is 19.5. The van der Waals surface area contributed by atoms with Crippen molar-refractivity contribution in [2.75, 3.05) is 18.2 Å². The molecule has 1 unspecified atom stereocenters. The van der Waals surface area contributed by atoms with Crippen LogP contribution in [0.4, 0.5) is 11.4 Å². The van der Waals surface area contributed by atoms with Crippen molar-refractivity contribution in [2.45, 2.75) is 38.1 Å². The van der Waals surface area contributed by atoms with E-state index in [2.05, 4.69) is 15.5 Å². The minimum atomic E-state index is -0.508. The average Bonchev–Trinajstić information content (AvgIpc) is 3.22. The summed E-state index contributed by atoms with van der Waals surface area (Å²) in [6.45, 7) is 5.88. The van der Waals surface area contributed by atoms with Gasteiger partial charge in [0.05, 0.1) is 17.8 Å². The van der Waals surface area contributed by atoms with Gasteiger partial charge in [-0.3, -0.25) is 14.9 Å². The lowest BCUT2D eigenvalue weighted by molar-refractivity contribution is -0.384. The molecule has 1 amide bonds. The Hall–Kier alpha value is -3.60. The van der Waals surface area contributed by atoms with Crippen molar-refractivity contribution in [1.82, 2.24) is 14.8 Å². The van der Waals surface area contributed by atoms with Gasteiger partial charge in [0.15, 0.2) is 17.1 Å². The number of methoxy groups -OCH3 is 1. The number of carbonyl (C=O) groups is 1. The molecule has 1 heterocycles. The van der Waals surface area contributed by atoms with Gasteiger partial charge in [-0.1, -0.05) is 23.9 Å². The van der Waals surface area contributed by atoms with Crippen LogP contribution in [0.25, 0.3) is 0 Å². The maximum atomic E-state index is 12.4. The van der Waals surface area contributed by atoms with Gasteiger partial charge in [-0.25, -0.2) is 0 Å². The summed E-state index contributed by atoms with van der Waals surface area (Å²) in [7, 11) is 1.59. The second kappa shape index (κ2) is 10.8. The molecule has 3 aromatic rings. The number of hydrogen-bond acceptors (Lipinski definition) is 8. The number of nitro benzene ring substituents is 1. The van der Waals surface area contributed by atoms with Crippen LogP contribution in [0.15, 0.2) is 53.7 Å². The number of rotatable bonds is 10. The molecule has 1 N–H and O–H groups in total. The van der Waals surface area contributed by atoms with E-state index in [0.29, 0.717) is 28.2 Å². The fraction of sp³-hybridized carbons (Fsp3) is 0.318. The molecule has 0 aliphatic carbocycles. The highest BCUT2D eigenvalue weighted by Gasteiger charge is 2.22. The van der Waals surface area contributed by atoms with Crippen LogP contribution < -0.4 is 14.8 Å². The number of carbonyl (C=O) groups excluding carboxylic acids is 1. The number of non-ortho nitro benzene ring substituents is 1. The minimum Gasteiger partial charge on any atom is -0.497 e. The Bertz CT molecular complexity index is 1130. The van der Waals surface area contributed by atoms with Crippen molar-refractivity contribution in [3.05, 3.63) is 64.5 Å². The molecule has 0 fully saturated rings. The third kappa shape index (κ3) is 6.22. The Morgan fingerprint density at radius 2 is 1.88 bits per heavy atom. The first-order chi connectivity index (χ1) is 15.8. The molecular formula is C22H25N5O5S. The van der Waals surface area contributed by atoms with E-state index in [1.54, 1.807) is 19.2 Å². The number of thioether (sulfide) groups is 1. The predicted molar refractivity (Wildman–Crippen MR) is 125 cm³/mol. The molecule has 0 aliphatic heterocycles. The van der Waals surface area contributed by atoms with Crippen LogP contribution in [-0.4, -0.2) is 38.5 Å². The molecule has 1 aromatic heterocycles. The van der Waals surface area contributed by atoms with Crippen LogP contribution in [0.1, 0.15) is 38.7 Å².